The van der Waals surface area contributed by atoms with Gasteiger partial charge in [0, 0.05) is 37.0 Å². The number of unbranched alkanes of at least 4 members (excludes halogenated alkanes) is 1. The molecule has 0 atom stereocenters. The van der Waals surface area contributed by atoms with Crippen molar-refractivity contribution < 1.29 is 21.9 Å². The first kappa shape index (κ1) is 15.7. The van der Waals surface area contributed by atoms with Crippen LogP contribution in [0.5, 0.6) is 11.5 Å². The van der Waals surface area contributed by atoms with Crippen molar-refractivity contribution in [3.63, 3.8) is 0 Å². The van der Waals surface area contributed by atoms with E-state index in [1.807, 2.05) is 11.8 Å². The van der Waals surface area contributed by atoms with E-state index < -0.39 is 10.4 Å². The van der Waals surface area contributed by atoms with Crippen LogP contribution in [0.1, 0.15) is 25.3 Å². The molecule has 1 aliphatic heterocycles. The molecule has 8 heteroatoms. The summed E-state index contributed by atoms with van der Waals surface area (Å²) < 4.78 is 33.1. The molecule has 0 amide bonds. The fraction of sp³-hybridized carbons (Fsp3) is 0.538. The maximum Gasteiger partial charge on any atom is 0.501 e. The number of benzene rings is 1. The normalized spacial score (nSPS) is 15.2. The van der Waals surface area contributed by atoms with E-state index >= 15 is 0 Å². The van der Waals surface area contributed by atoms with E-state index in [1.54, 1.807) is 6.92 Å². The van der Waals surface area contributed by atoms with Crippen LogP contribution in [-0.2, 0) is 10.4 Å². The standard InChI is InChI=1S/C13H20N2O5S/c1-3-15(6-4-5-7-16)12-11-8-10(14)9(2)13(12)20-21(17,18)19-11/h8,16H,3-7,14H2,1-2H3. The van der Waals surface area contributed by atoms with Crippen molar-refractivity contribution in [2.24, 2.45) is 0 Å². The van der Waals surface area contributed by atoms with Gasteiger partial charge in [-0.15, -0.1) is 8.42 Å². The Kier molecular flexibility index (Phi) is 4.48. The molecule has 118 valence electrons. The Morgan fingerprint density at radius 1 is 1.33 bits per heavy atom. The van der Waals surface area contributed by atoms with Crippen LogP contribution in [0.15, 0.2) is 6.07 Å². The number of fused-ring (bicyclic) bond motifs is 2. The first-order chi connectivity index (χ1) is 9.89. The van der Waals surface area contributed by atoms with Crippen LogP contribution in [-0.4, -0.2) is 33.2 Å². The third kappa shape index (κ3) is 3.16. The molecule has 1 aromatic rings. The lowest BCUT2D eigenvalue weighted by atomic mass is 10.1. The SMILES string of the molecule is CCN(CCCCO)c1c2cc(N)c(C)c1OS(=O)(=O)O2. The summed E-state index contributed by atoms with van der Waals surface area (Å²) in [6.07, 6.45) is 1.45. The summed E-state index contributed by atoms with van der Waals surface area (Å²) in [6.45, 7) is 5.10. The van der Waals surface area contributed by atoms with E-state index in [0.29, 0.717) is 36.4 Å². The smallest absolute Gasteiger partial charge is 0.398 e. The van der Waals surface area contributed by atoms with E-state index in [-0.39, 0.29) is 18.1 Å². The molecule has 3 N–H and O–H groups in total. The molecule has 0 saturated heterocycles. The molecule has 1 heterocycles. The van der Waals surface area contributed by atoms with Gasteiger partial charge in [0.1, 0.15) is 5.69 Å². The number of aliphatic hydroxyl groups excluding tert-OH is 1. The van der Waals surface area contributed by atoms with Crippen LogP contribution < -0.4 is 19.0 Å². The fourth-order valence-electron chi connectivity index (χ4n) is 2.27. The number of aliphatic hydroxyl groups is 1. The second-order valence-electron chi connectivity index (χ2n) is 4.85. The molecule has 1 aliphatic rings. The summed E-state index contributed by atoms with van der Waals surface area (Å²) in [7, 11) is -4.08. The van der Waals surface area contributed by atoms with Crippen molar-refractivity contribution in [2.45, 2.75) is 26.7 Å². The number of nitrogens with two attached hydrogens (primary N) is 1. The molecule has 0 radical (unpaired) electrons. The molecular formula is C13H20N2O5S. The van der Waals surface area contributed by atoms with Gasteiger partial charge in [-0.05, 0) is 26.7 Å². The topological polar surface area (TPSA) is 102 Å². The highest BCUT2D eigenvalue weighted by atomic mass is 32.3. The van der Waals surface area contributed by atoms with Crippen molar-refractivity contribution in [3.8, 4) is 11.5 Å². The van der Waals surface area contributed by atoms with Crippen LogP contribution in [0.2, 0.25) is 0 Å². The van der Waals surface area contributed by atoms with Gasteiger partial charge in [-0.1, -0.05) is 0 Å². The van der Waals surface area contributed by atoms with Crippen LogP contribution >= 0.6 is 0 Å². The molecule has 0 saturated carbocycles. The molecule has 0 aliphatic carbocycles. The Balaban J connectivity index is 2.44. The zero-order valence-corrected chi connectivity index (χ0v) is 12.9. The van der Waals surface area contributed by atoms with Gasteiger partial charge in [-0.3, -0.25) is 0 Å². The summed E-state index contributed by atoms with van der Waals surface area (Å²) in [4.78, 5) is 1.96. The predicted octanol–water partition coefficient (Wildman–Crippen LogP) is 1.19. The molecule has 2 bridgehead atoms. The van der Waals surface area contributed by atoms with Gasteiger partial charge in [0.15, 0.2) is 11.5 Å². The van der Waals surface area contributed by atoms with Crippen molar-refractivity contribution in [1.29, 1.82) is 0 Å². The van der Waals surface area contributed by atoms with Gasteiger partial charge in [0.05, 0.1) is 0 Å². The van der Waals surface area contributed by atoms with E-state index in [1.165, 1.54) is 6.07 Å². The van der Waals surface area contributed by atoms with Crippen molar-refractivity contribution in [2.75, 3.05) is 30.3 Å². The Bertz CT molecular complexity index is 630. The molecule has 0 fully saturated rings. The first-order valence-corrected chi connectivity index (χ1v) is 8.15. The summed E-state index contributed by atoms with van der Waals surface area (Å²) in [5.41, 5.74) is 7.43. The lowest BCUT2D eigenvalue weighted by Gasteiger charge is -2.31. The van der Waals surface area contributed by atoms with Crippen molar-refractivity contribution in [3.05, 3.63) is 11.6 Å². The Labute approximate surface area is 124 Å². The zero-order valence-electron chi connectivity index (χ0n) is 12.1. The Hall–Kier alpha value is -1.67. The summed E-state index contributed by atoms with van der Waals surface area (Å²) in [6, 6.07) is 1.50. The highest BCUT2D eigenvalue weighted by Gasteiger charge is 2.33. The average molecular weight is 316 g/mol. The minimum Gasteiger partial charge on any atom is -0.398 e. The summed E-state index contributed by atoms with van der Waals surface area (Å²) >= 11 is 0. The molecule has 21 heavy (non-hydrogen) atoms. The molecule has 7 nitrogen and oxygen atoms in total. The number of rotatable bonds is 6. The molecule has 0 unspecified atom stereocenters. The molecule has 1 aromatic carbocycles. The van der Waals surface area contributed by atoms with Gasteiger partial charge in [-0.2, -0.15) is 0 Å². The second kappa shape index (κ2) is 5.98. The van der Waals surface area contributed by atoms with E-state index in [2.05, 4.69) is 0 Å². The average Bonchev–Trinajstić information content (AvgIpc) is 2.41. The van der Waals surface area contributed by atoms with Gasteiger partial charge >= 0.3 is 10.4 Å². The number of anilines is 2. The number of hydrogen-bond donors (Lipinski definition) is 2. The van der Waals surface area contributed by atoms with E-state index in [0.717, 1.165) is 6.42 Å². The Morgan fingerprint density at radius 2 is 2.05 bits per heavy atom. The summed E-state index contributed by atoms with van der Waals surface area (Å²) in [5.74, 6) is 0.410. The molecule has 0 aromatic heterocycles. The largest absolute Gasteiger partial charge is 0.501 e. The maximum absolute atomic E-state index is 11.6. The number of nitrogens with zero attached hydrogens (tertiary/aromatic N) is 1. The predicted molar refractivity (Wildman–Crippen MR) is 80.0 cm³/mol. The van der Waals surface area contributed by atoms with Crippen LogP contribution in [0.3, 0.4) is 0 Å². The van der Waals surface area contributed by atoms with Gasteiger partial charge in [-0.25, -0.2) is 0 Å². The third-order valence-corrected chi connectivity index (χ3v) is 4.17. The zero-order chi connectivity index (χ0) is 15.6. The van der Waals surface area contributed by atoms with Crippen molar-refractivity contribution in [1.82, 2.24) is 0 Å². The van der Waals surface area contributed by atoms with Gasteiger partial charge in [0.25, 0.3) is 0 Å². The lowest BCUT2D eigenvalue weighted by molar-refractivity contribution is 0.285. The Morgan fingerprint density at radius 3 is 2.67 bits per heavy atom. The van der Waals surface area contributed by atoms with Gasteiger partial charge in [0.2, 0.25) is 0 Å². The summed E-state index contributed by atoms with van der Waals surface area (Å²) in [5, 5.41) is 8.87. The first-order valence-electron chi connectivity index (χ1n) is 6.82. The lowest BCUT2D eigenvalue weighted by Crippen LogP contribution is -2.30. The highest BCUT2D eigenvalue weighted by molar-refractivity contribution is 7.82. The molecule has 2 rings (SSSR count). The van der Waals surface area contributed by atoms with Crippen LogP contribution in [0.25, 0.3) is 0 Å². The van der Waals surface area contributed by atoms with E-state index in [4.69, 9.17) is 19.2 Å². The fourth-order valence-corrected chi connectivity index (χ4v) is 3.06. The quantitative estimate of drug-likeness (QED) is 0.600. The van der Waals surface area contributed by atoms with Gasteiger partial charge < -0.3 is 24.1 Å². The second-order valence-corrected chi connectivity index (χ2v) is 6.00. The molecule has 0 spiro atoms. The monoisotopic (exact) mass is 316 g/mol. The minimum absolute atomic E-state index is 0.124. The maximum atomic E-state index is 11.6. The molecular weight excluding hydrogens is 296 g/mol. The number of nitrogen functional groups attached to an aromatic ring is 1. The number of hydrogen-bond acceptors (Lipinski definition) is 7. The van der Waals surface area contributed by atoms with Crippen LogP contribution in [0.4, 0.5) is 11.4 Å². The third-order valence-electron chi connectivity index (χ3n) is 3.42. The van der Waals surface area contributed by atoms with E-state index in [9.17, 15) is 8.42 Å². The minimum atomic E-state index is -4.08. The highest BCUT2D eigenvalue weighted by Crippen LogP contribution is 2.47. The van der Waals surface area contributed by atoms with Crippen molar-refractivity contribution >= 4 is 21.8 Å². The van der Waals surface area contributed by atoms with Crippen LogP contribution in [0, 0.1) is 6.92 Å².